The lowest BCUT2D eigenvalue weighted by molar-refractivity contribution is -0.145. The van der Waals surface area contributed by atoms with E-state index in [0.717, 1.165) is 5.56 Å². The minimum Gasteiger partial charge on any atom is -0.441 e. The molecule has 1 aromatic heterocycles. The van der Waals surface area contributed by atoms with Gasteiger partial charge in [0.2, 0.25) is 11.8 Å². The number of aryl methyl sites for hydroxylation is 1. The molecule has 0 spiro atoms. The Balaban J connectivity index is 1.81. The van der Waals surface area contributed by atoms with Crippen molar-refractivity contribution in [2.24, 2.45) is 0 Å². The minimum atomic E-state index is -0.307. The summed E-state index contributed by atoms with van der Waals surface area (Å²) in [5.74, 6) is 1.12. The number of rotatable bonds is 3. The van der Waals surface area contributed by atoms with Gasteiger partial charge in [-0.3, -0.25) is 4.79 Å². The lowest BCUT2D eigenvalue weighted by Gasteiger charge is -2.42. The molecule has 3 rings (SSSR count). The number of aromatic nitrogens is 1. The highest BCUT2D eigenvalue weighted by Gasteiger charge is 2.34. The second-order valence-electron chi connectivity index (χ2n) is 6.59. The van der Waals surface area contributed by atoms with Crippen molar-refractivity contribution in [1.82, 2.24) is 9.88 Å². The predicted molar refractivity (Wildman–Crippen MR) is 92.0 cm³/mol. The highest BCUT2D eigenvalue weighted by molar-refractivity contribution is 6.33. The van der Waals surface area contributed by atoms with Crippen molar-refractivity contribution in [2.45, 2.75) is 32.7 Å². The lowest BCUT2D eigenvalue weighted by Crippen LogP contribution is -2.56. The number of morpholine rings is 1. The van der Waals surface area contributed by atoms with E-state index in [-0.39, 0.29) is 17.9 Å². The minimum absolute atomic E-state index is 0.0328. The van der Waals surface area contributed by atoms with E-state index in [9.17, 15) is 4.79 Å². The van der Waals surface area contributed by atoms with Crippen molar-refractivity contribution in [2.75, 3.05) is 19.8 Å². The largest absolute Gasteiger partial charge is 0.441 e. The summed E-state index contributed by atoms with van der Waals surface area (Å²) in [6.07, 6.45) is 0.212. The SMILES string of the molecule is Cc1oc(-c2ccccc2Cl)nc1CC(=O)N1CCOCC1(C)C. The zero-order valence-corrected chi connectivity index (χ0v) is 14.9. The number of benzene rings is 1. The molecule has 1 saturated heterocycles. The van der Waals surface area contributed by atoms with Crippen LogP contribution in [0.25, 0.3) is 11.5 Å². The van der Waals surface area contributed by atoms with Crippen LogP contribution in [0.1, 0.15) is 25.3 Å². The summed E-state index contributed by atoms with van der Waals surface area (Å²) in [5.41, 5.74) is 1.07. The predicted octanol–water partition coefficient (Wildman–Crippen LogP) is 3.48. The normalized spacial score (nSPS) is 17.1. The van der Waals surface area contributed by atoms with Gasteiger partial charge in [-0.15, -0.1) is 0 Å². The molecular formula is C18H21ClN2O3. The molecular weight excluding hydrogens is 328 g/mol. The van der Waals surface area contributed by atoms with Gasteiger partial charge >= 0.3 is 0 Å². The van der Waals surface area contributed by atoms with Gasteiger partial charge in [-0.1, -0.05) is 23.7 Å². The first-order valence-electron chi connectivity index (χ1n) is 7.98. The zero-order valence-electron chi connectivity index (χ0n) is 14.1. The van der Waals surface area contributed by atoms with Crippen molar-refractivity contribution < 1.29 is 13.9 Å². The second kappa shape index (κ2) is 6.57. The fourth-order valence-electron chi connectivity index (χ4n) is 2.90. The Morgan fingerprint density at radius 1 is 1.38 bits per heavy atom. The number of hydrogen-bond acceptors (Lipinski definition) is 4. The third-order valence-electron chi connectivity index (χ3n) is 4.26. The number of nitrogens with zero attached hydrogens (tertiary/aromatic N) is 2. The highest BCUT2D eigenvalue weighted by atomic mass is 35.5. The van der Waals surface area contributed by atoms with Crippen LogP contribution in [-0.2, 0) is 16.0 Å². The topological polar surface area (TPSA) is 55.6 Å². The Bertz CT molecular complexity index is 754. The molecule has 1 aromatic carbocycles. The first-order valence-corrected chi connectivity index (χ1v) is 8.36. The van der Waals surface area contributed by atoms with Gasteiger partial charge in [0.1, 0.15) is 5.76 Å². The van der Waals surface area contributed by atoms with Crippen molar-refractivity contribution in [3.8, 4) is 11.5 Å². The van der Waals surface area contributed by atoms with Crippen LogP contribution >= 0.6 is 11.6 Å². The smallest absolute Gasteiger partial charge is 0.229 e. The van der Waals surface area contributed by atoms with Crippen LogP contribution in [0.3, 0.4) is 0 Å². The Hall–Kier alpha value is -1.85. The first kappa shape index (κ1) is 17.0. The summed E-state index contributed by atoms with van der Waals surface area (Å²) in [5, 5.41) is 0.575. The Morgan fingerprint density at radius 2 is 2.12 bits per heavy atom. The number of ether oxygens (including phenoxy) is 1. The Labute approximate surface area is 146 Å². The molecule has 0 radical (unpaired) electrons. The summed E-state index contributed by atoms with van der Waals surface area (Å²) in [7, 11) is 0. The number of oxazole rings is 1. The van der Waals surface area contributed by atoms with Gasteiger partial charge in [-0.05, 0) is 32.9 Å². The molecule has 5 nitrogen and oxygen atoms in total. The van der Waals surface area contributed by atoms with Crippen LogP contribution < -0.4 is 0 Å². The van der Waals surface area contributed by atoms with E-state index in [1.807, 2.05) is 43.9 Å². The van der Waals surface area contributed by atoms with E-state index >= 15 is 0 Å². The van der Waals surface area contributed by atoms with Gasteiger partial charge in [0.15, 0.2) is 0 Å². The summed E-state index contributed by atoms with van der Waals surface area (Å²) in [6, 6.07) is 7.37. The van der Waals surface area contributed by atoms with E-state index in [1.54, 1.807) is 6.07 Å². The zero-order chi connectivity index (χ0) is 17.3. The molecule has 0 saturated carbocycles. The van der Waals surface area contributed by atoms with E-state index in [0.29, 0.717) is 42.1 Å². The average Bonchev–Trinajstić information content (AvgIpc) is 2.88. The maximum atomic E-state index is 12.7. The van der Waals surface area contributed by atoms with E-state index in [2.05, 4.69) is 4.98 Å². The quantitative estimate of drug-likeness (QED) is 0.852. The molecule has 1 aliphatic heterocycles. The molecule has 0 bridgehead atoms. The van der Waals surface area contributed by atoms with Gasteiger partial charge in [-0.2, -0.15) is 0 Å². The van der Waals surface area contributed by atoms with E-state index < -0.39 is 0 Å². The molecule has 128 valence electrons. The molecule has 1 amide bonds. The average molecular weight is 349 g/mol. The van der Waals surface area contributed by atoms with Crippen LogP contribution in [0.2, 0.25) is 5.02 Å². The van der Waals surface area contributed by atoms with Crippen molar-refractivity contribution in [3.63, 3.8) is 0 Å². The molecule has 24 heavy (non-hydrogen) atoms. The number of carbonyl (C=O) groups is 1. The number of amides is 1. The molecule has 2 aromatic rings. The number of carbonyl (C=O) groups excluding carboxylic acids is 1. The second-order valence-corrected chi connectivity index (χ2v) is 7.00. The first-order chi connectivity index (χ1) is 11.4. The van der Waals surface area contributed by atoms with Crippen molar-refractivity contribution >= 4 is 17.5 Å². The fraction of sp³-hybridized carbons (Fsp3) is 0.444. The molecule has 0 unspecified atom stereocenters. The molecule has 6 heteroatoms. The molecule has 0 aliphatic carbocycles. The highest BCUT2D eigenvalue weighted by Crippen LogP contribution is 2.29. The maximum Gasteiger partial charge on any atom is 0.229 e. The Kier molecular flexibility index (Phi) is 4.65. The standard InChI is InChI=1S/C18H21ClN2O3/c1-12-15(10-16(22)21-8-9-23-11-18(21,2)3)20-17(24-12)13-6-4-5-7-14(13)19/h4-7H,8-11H2,1-3H3. The van der Waals surface area contributed by atoms with Crippen LogP contribution in [0.5, 0.6) is 0 Å². The lowest BCUT2D eigenvalue weighted by atomic mass is 10.0. The van der Waals surface area contributed by atoms with Crippen molar-refractivity contribution in [3.05, 3.63) is 40.7 Å². The molecule has 0 atom stereocenters. The molecule has 2 heterocycles. The summed E-state index contributed by atoms with van der Waals surface area (Å²) in [6.45, 7) is 7.55. The number of halogens is 1. The maximum absolute atomic E-state index is 12.7. The molecule has 1 fully saturated rings. The van der Waals surface area contributed by atoms with Crippen molar-refractivity contribution in [1.29, 1.82) is 0 Å². The molecule has 1 aliphatic rings. The van der Waals surface area contributed by atoms with Gasteiger partial charge in [0.05, 0.1) is 41.5 Å². The third-order valence-corrected chi connectivity index (χ3v) is 4.59. The van der Waals surface area contributed by atoms with Crippen LogP contribution in [0, 0.1) is 6.92 Å². The van der Waals surface area contributed by atoms with Gasteiger partial charge < -0.3 is 14.1 Å². The van der Waals surface area contributed by atoms with E-state index in [4.69, 9.17) is 20.8 Å². The third kappa shape index (κ3) is 3.32. The van der Waals surface area contributed by atoms with Gasteiger partial charge in [0.25, 0.3) is 0 Å². The van der Waals surface area contributed by atoms with Crippen LogP contribution in [0.15, 0.2) is 28.7 Å². The van der Waals surface area contributed by atoms with Crippen LogP contribution in [-0.4, -0.2) is 41.1 Å². The number of hydrogen-bond donors (Lipinski definition) is 0. The van der Waals surface area contributed by atoms with Gasteiger partial charge in [0, 0.05) is 6.54 Å². The molecule has 0 N–H and O–H groups in total. The summed E-state index contributed by atoms with van der Waals surface area (Å²) < 4.78 is 11.2. The monoisotopic (exact) mass is 348 g/mol. The van der Waals surface area contributed by atoms with Gasteiger partial charge in [-0.25, -0.2) is 4.98 Å². The fourth-order valence-corrected chi connectivity index (χ4v) is 3.12. The van der Waals surface area contributed by atoms with Crippen LogP contribution in [0.4, 0.5) is 0 Å². The summed E-state index contributed by atoms with van der Waals surface area (Å²) >= 11 is 6.20. The summed E-state index contributed by atoms with van der Waals surface area (Å²) in [4.78, 5) is 19.1. The van der Waals surface area contributed by atoms with E-state index in [1.165, 1.54) is 0 Å². The Morgan fingerprint density at radius 3 is 2.83 bits per heavy atom.